The second kappa shape index (κ2) is 8.20. The molecule has 136 valence electrons. The molecule has 8 heteroatoms. The Hall–Kier alpha value is -2.58. The zero-order chi connectivity index (χ0) is 18.4. The first-order valence-electron chi connectivity index (χ1n) is 8.12. The molecule has 0 radical (unpaired) electrons. The van der Waals surface area contributed by atoms with Crippen LogP contribution in [-0.2, 0) is 22.9 Å². The highest BCUT2D eigenvalue weighted by Gasteiger charge is 2.14. The minimum atomic E-state index is -3.40. The van der Waals surface area contributed by atoms with E-state index in [4.69, 9.17) is 4.42 Å². The van der Waals surface area contributed by atoms with Gasteiger partial charge in [0.2, 0.25) is 15.9 Å². The Morgan fingerprint density at radius 2 is 1.69 bits per heavy atom. The van der Waals surface area contributed by atoms with Crippen LogP contribution in [0.2, 0.25) is 0 Å². The summed E-state index contributed by atoms with van der Waals surface area (Å²) in [6.07, 6.45) is 0.667. The molecule has 0 amide bonds. The minimum Gasteiger partial charge on any atom is -0.421 e. The van der Waals surface area contributed by atoms with Gasteiger partial charge >= 0.3 is 0 Å². The first-order valence-corrected chi connectivity index (χ1v) is 9.77. The van der Waals surface area contributed by atoms with E-state index in [-0.39, 0.29) is 36.1 Å². The van der Waals surface area contributed by atoms with Crippen LogP contribution in [-0.4, -0.2) is 30.9 Å². The molecule has 26 heavy (non-hydrogen) atoms. The van der Waals surface area contributed by atoms with Crippen molar-refractivity contribution >= 4 is 10.0 Å². The summed E-state index contributed by atoms with van der Waals surface area (Å²) in [7, 11) is -3.40. The second-order valence-electron chi connectivity index (χ2n) is 5.68. The SMILES string of the molecule is O=S(=O)(CCc1ccccc1)NCCc1nnc(-c2ccccc2F)o1. The monoisotopic (exact) mass is 375 g/mol. The number of hydrogen-bond donors (Lipinski definition) is 1. The van der Waals surface area contributed by atoms with Crippen molar-refractivity contribution in [2.45, 2.75) is 12.8 Å². The molecule has 1 aromatic heterocycles. The lowest BCUT2D eigenvalue weighted by Gasteiger charge is -2.05. The highest BCUT2D eigenvalue weighted by Crippen LogP contribution is 2.20. The molecule has 0 fully saturated rings. The van der Waals surface area contributed by atoms with E-state index >= 15 is 0 Å². The van der Waals surface area contributed by atoms with E-state index in [0.29, 0.717) is 6.42 Å². The molecular formula is C18H18FN3O3S. The van der Waals surface area contributed by atoms with E-state index < -0.39 is 15.8 Å². The predicted octanol–water partition coefficient (Wildman–Crippen LogP) is 2.58. The summed E-state index contributed by atoms with van der Waals surface area (Å²) in [6, 6.07) is 15.5. The van der Waals surface area contributed by atoms with Crippen LogP contribution in [0.1, 0.15) is 11.5 Å². The van der Waals surface area contributed by atoms with Gasteiger partial charge in [-0.15, -0.1) is 10.2 Å². The van der Waals surface area contributed by atoms with E-state index in [2.05, 4.69) is 14.9 Å². The Balaban J connectivity index is 1.51. The largest absolute Gasteiger partial charge is 0.421 e. The molecule has 0 aliphatic rings. The Labute approximate surface area is 151 Å². The Morgan fingerprint density at radius 1 is 0.962 bits per heavy atom. The topological polar surface area (TPSA) is 85.1 Å². The fraction of sp³-hybridized carbons (Fsp3) is 0.222. The summed E-state index contributed by atoms with van der Waals surface area (Å²) < 4.78 is 45.7. The van der Waals surface area contributed by atoms with Crippen molar-refractivity contribution in [2.24, 2.45) is 0 Å². The normalized spacial score (nSPS) is 11.6. The molecule has 0 aliphatic heterocycles. The average molecular weight is 375 g/mol. The molecule has 1 N–H and O–H groups in total. The van der Waals surface area contributed by atoms with Crippen LogP contribution in [0.3, 0.4) is 0 Å². The predicted molar refractivity (Wildman–Crippen MR) is 95.3 cm³/mol. The summed E-state index contributed by atoms with van der Waals surface area (Å²) >= 11 is 0. The van der Waals surface area contributed by atoms with Crippen LogP contribution in [0.15, 0.2) is 59.0 Å². The maximum absolute atomic E-state index is 13.7. The number of hydrogen-bond acceptors (Lipinski definition) is 5. The fourth-order valence-electron chi connectivity index (χ4n) is 2.38. The van der Waals surface area contributed by atoms with Crippen molar-refractivity contribution in [1.82, 2.24) is 14.9 Å². The van der Waals surface area contributed by atoms with Crippen molar-refractivity contribution in [3.05, 3.63) is 71.9 Å². The smallest absolute Gasteiger partial charge is 0.250 e. The van der Waals surface area contributed by atoms with Crippen LogP contribution in [0, 0.1) is 5.82 Å². The van der Waals surface area contributed by atoms with Gasteiger partial charge in [-0.05, 0) is 24.1 Å². The van der Waals surface area contributed by atoms with Gasteiger partial charge in [-0.1, -0.05) is 42.5 Å². The summed E-state index contributed by atoms with van der Waals surface area (Å²) in [5.74, 6) is -0.134. The Morgan fingerprint density at radius 3 is 2.46 bits per heavy atom. The van der Waals surface area contributed by atoms with E-state index in [1.54, 1.807) is 18.2 Å². The molecule has 0 spiro atoms. The molecule has 0 unspecified atom stereocenters. The molecule has 2 aromatic carbocycles. The van der Waals surface area contributed by atoms with Crippen LogP contribution < -0.4 is 4.72 Å². The van der Waals surface area contributed by atoms with E-state index in [1.807, 2.05) is 30.3 Å². The third-order valence-corrected chi connectivity index (χ3v) is 5.12. The van der Waals surface area contributed by atoms with E-state index in [1.165, 1.54) is 6.07 Å². The second-order valence-corrected chi connectivity index (χ2v) is 7.61. The zero-order valence-electron chi connectivity index (χ0n) is 13.9. The maximum Gasteiger partial charge on any atom is 0.250 e. The highest BCUT2D eigenvalue weighted by atomic mass is 32.2. The lowest BCUT2D eigenvalue weighted by molar-refractivity contribution is 0.498. The number of nitrogens with one attached hydrogen (secondary N) is 1. The van der Waals surface area contributed by atoms with Gasteiger partial charge in [-0.25, -0.2) is 17.5 Å². The lowest BCUT2D eigenvalue weighted by atomic mass is 10.2. The summed E-state index contributed by atoms with van der Waals surface area (Å²) in [6.45, 7) is 0.135. The number of sulfonamides is 1. The quantitative estimate of drug-likeness (QED) is 0.654. The number of nitrogens with zero attached hydrogens (tertiary/aromatic N) is 2. The molecule has 0 bridgehead atoms. The molecule has 6 nitrogen and oxygen atoms in total. The van der Waals surface area contributed by atoms with Gasteiger partial charge in [0.25, 0.3) is 5.89 Å². The third-order valence-electron chi connectivity index (χ3n) is 3.73. The first-order chi connectivity index (χ1) is 12.5. The van der Waals surface area contributed by atoms with Crippen LogP contribution in [0.4, 0.5) is 4.39 Å². The molecule has 3 aromatic rings. The van der Waals surface area contributed by atoms with Crippen molar-refractivity contribution in [2.75, 3.05) is 12.3 Å². The molecule has 0 atom stereocenters. The van der Waals surface area contributed by atoms with Gasteiger partial charge in [0.15, 0.2) is 0 Å². The first kappa shape index (κ1) is 18.2. The molecule has 3 rings (SSSR count). The third kappa shape index (κ3) is 4.96. The molecular weight excluding hydrogens is 357 g/mol. The number of rotatable bonds is 8. The van der Waals surface area contributed by atoms with Crippen molar-refractivity contribution < 1.29 is 17.2 Å². The fourth-order valence-corrected chi connectivity index (χ4v) is 3.44. The van der Waals surface area contributed by atoms with Gasteiger partial charge in [0.05, 0.1) is 11.3 Å². The molecule has 0 aliphatic carbocycles. The van der Waals surface area contributed by atoms with Gasteiger partial charge < -0.3 is 4.42 Å². The summed E-state index contributed by atoms with van der Waals surface area (Å²) in [5, 5.41) is 7.63. The maximum atomic E-state index is 13.7. The zero-order valence-corrected chi connectivity index (χ0v) is 14.7. The number of aryl methyl sites for hydroxylation is 1. The van der Waals surface area contributed by atoms with Crippen molar-refractivity contribution in [3.63, 3.8) is 0 Å². The van der Waals surface area contributed by atoms with Gasteiger partial charge in [0, 0.05) is 13.0 Å². The molecule has 1 heterocycles. The average Bonchev–Trinajstić information content (AvgIpc) is 3.10. The lowest BCUT2D eigenvalue weighted by Crippen LogP contribution is -2.29. The van der Waals surface area contributed by atoms with Crippen LogP contribution >= 0.6 is 0 Å². The Kier molecular flexibility index (Phi) is 5.75. The van der Waals surface area contributed by atoms with Crippen LogP contribution in [0.5, 0.6) is 0 Å². The molecule has 0 saturated heterocycles. The van der Waals surface area contributed by atoms with E-state index in [0.717, 1.165) is 5.56 Å². The summed E-state index contributed by atoms with van der Waals surface area (Å²) in [4.78, 5) is 0. The van der Waals surface area contributed by atoms with Crippen molar-refractivity contribution in [3.8, 4) is 11.5 Å². The minimum absolute atomic E-state index is 0.00131. The van der Waals surface area contributed by atoms with Crippen molar-refractivity contribution in [1.29, 1.82) is 0 Å². The van der Waals surface area contributed by atoms with Gasteiger partial charge in [0.1, 0.15) is 5.82 Å². The number of benzene rings is 2. The van der Waals surface area contributed by atoms with Gasteiger partial charge in [-0.2, -0.15) is 0 Å². The van der Waals surface area contributed by atoms with Crippen LogP contribution in [0.25, 0.3) is 11.5 Å². The van der Waals surface area contributed by atoms with E-state index in [9.17, 15) is 12.8 Å². The van der Waals surface area contributed by atoms with Gasteiger partial charge in [-0.3, -0.25) is 0 Å². The standard InChI is InChI=1S/C18H18FN3O3S/c19-16-9-5-4-8-15(16)18-22-21-17(25-18)10-12-20-26(23,24)13-11-14-6-2-1-3-7-14/h1-9,20H,10-13H2. The molecule has 0 saturated carbocycles. The number of aromatic nitrogens is 2. The summed E-state index contributed by atoms with van der Waals surface area (Å²) in [5.41, 5.74) is 1.18. The number of halogens is 1. The Bertz CT molecular complexity index is 959. The highest BCUT2D eigenvalue weighted by molar-refractivity contribution is 7.89.